The van der Waals surface area contributed by atoms with Crippen molar-refractivity contribution in [3.63, 3.8) is 0 Å². The van der Waals surface area contributed by atoms with E-state index < -0.39 is 11.9 Å². The van der Waals surface area contributed by atoms with E-state index in [2.05, 4.69) is 13.5 Å². The second-order valence-electron chi connectivity index (χ2n) is 9.07. The van der Waals surface area contributed by atoms with Gasteiger partial charge >= 0.3 is 11.9 Å². The van der Waals surface area contributed by atoms with Gasteiger partial charge in [-0.15, -0.1) is 0 Å². The highest BCUT2D eigenvalue weighted by Crippen LogP contribution is 2.40. The zero-order chi connectivity index (χ0) is 22.4. The van der Waals surface area contributed by atoms with Crippen LogP contribution in [-0.2, 0) is 9.59 Å². The highest BCUT2D eigenvalue weighted by molar-refractivity contribution is 5.90. The van der Waals surface area contributed by atoms with Crippen molar-refractivity contribution >= 4 is 11.9 Å². The molecule has 0 aromatic heterocycles. The minimum Gasteiger partial charge on any atom is -0.478 e. The summed E-state index contributed by atoms with van der Waals surface area (Å²) in [6, 6.07) is 0. The molecule has 0 aromatic rings. The molecule has 172 valence electrons. The molecule has 30 heavy (non-hydrogen) atoms. The summed E-state index contributed by atoms with van der Waals surface area (Å²) < 4.78 is 0. The van der Waals surface area contributed by atoms with Gasteiger partial charge in [0.1, 0.15) is 0 Å². The second kappa shape index (κ2) is 15.3. The Morgan fingerprint density at radius 3 is 1.80 bits per heavy atom. The number of hydrogen-bond donors (Lipinski definition) is 2. The highest BCUT2D eigenvalue weighted by Gasteiger charge is 2.31. The third-order valence-corrected chi connectivity index (χ3v) is 6.72. The smallest absolute Gasteiger partial charge is 0.331 e. The van der Waals surface area contributed by atoms with Gasteiger partial charge in [0.05, 0.1) is 0 Å². The maximum absolute atomic E-state index is 11.8. The SMILES string of the molecule is C=C(C(=O)O)C(CCCCCCCCCCCC)C(=C(C)C(=O)O)C1CCCCC1. The minimum atomic E-state index is -1.00. The molecule has 1 aliphatic rings. The van der Waals surface area contributed by atoms with Gasteiger partial charge in [0, 0.05) is 17.1 Å². The number of rotatable bonds is 16. The molecule has 0 aliphatic heterocycles. The van der Waals surface area contributed by atoms with E-state index in [1.807, 2.05) is 0 Å². The Kier molecular flexibility index (Phi) is 13.5. The van der Waals surface area contributed by atoms with E-state index in [0.29, 0.717) is 12.0 Å². The topological polar surface area (TPSA) is 74.6 Å². The molecule has 4 heteroatoms. The quantitative estimate of drug-likeness (QED) is 0.200. The molecule has 0 heterocycles. The first-order valence-electron chi connectivity index (χ1n) is 12.3. The summed E-state index contributed by atoms with van der Waals surface area (Å²) in [7, 11) is 0. The summed E-state index contributed by atoms with van der Waals surface area (Å²) >= 11 is 0. The van der Waals surface area contributed by atoms with Crippen molar-refractivity contribution in [1.29, 1.82) is 0 Å². The van der Waals surface area contributed by atoms with Crippen molar-refractivity contribution in [2.75, 3.05) is 0 Å². The Balaban J connectivity index is 2.67. The highest BCUT2D eigenvalue weighted by atomic mass is 16.4. The van der Waals surface area contributed by atoms with Gasteiger partial charge in [-0.3, -0.25) is 0 Å². The predicted octanol–water partition coefficient (Wildman–Crippen LogP) is 7.54. The normalized spacial score (nSPS) is 16.7. The van der Waals surface area contributed by atoms with Crippen molar-refractivity contribution in [2.24, 2.45) is 11.8 Å². The van der Waals surface area contributed by atoms with Gasteiger partial charge in [-0.05, 0) is 37.7 Å². The molecular weight excluding hydrogens is 376 g/mol. The molecule has 1 saturated carbocycles. The lowest BCUT2D eigenvalue weighted by Crippen LogP contribution is -2.24. The van der Waals surface area contributed by atoms with Crippen molar-refractivity contribution < 1.29 is 19.8 Å². The Hall–Kier alpha value is -1.58. The van der Waals surface area contributed by atoms with E-state index in [-0.39, 0.29) is 17.4 Å². The van der Waals surface area contributed by atoms with Gasteiger partial charge in [0.25, 0.3) is 0 Å². The zero-order valence-electron chi connectivity index (χ0n) is 19.4. The number of carboxylic acid groups (broad SMARTS) is 2. The van der Waals surface area contributed by atoms with Gasteiger partial charge < -0.3 is 10.2 Å². The fourth-order valence-electron chi connectivity index (χ4n) is 4.89. The van der Waals surface area contributed by atoms with Crippen LogP contribution >= 0.6 is 0 Å². The monoisotopic (exact) mass is 420 g/mol. The van der Waals surface area contributed by atoms with Crippen molar-refractivity contribution in [3.05, 3.63) is 23.3 Å². The molecular formula is C26H44O4. The zero-order valence-corrected chi connectivity index (χ0v) is 19.4. The Morgan fingerprint density at radius 1 is 0.833 bits per heavy atom. The Labute approximate surface area is 183 Å². The van der Waals surface area contributed by atoms with Crippen LogP contribution in [0, 0.1) is 11.8 Å². The molecule has 0 bridgehead atoms. The predicted molar refractivity (Wildman–Crippen MR) is 124 cm³/mol. The lowest BCUT2D eigenvalue weighted by Gasteiger charge is -2.32. The lowest BCUT2D eigenvalue weighted by molar-refractivity contribution is -0.134. The molecule has 0 amide bonds. The lowest BCUT2D eigenvalue weighted by atomic mass is 9.73. The van der Waals surface area contributed by atoms with Gasteiger partial charge in [-0.2, -0.15) is 0 Å². The van der Waals surface area contributed by atoms with Crippen molar-refractivity contribution in [3.8, 4) is 0 Å². The number of carbonyl (C=O) groups is 2. The average molecular weight is 421 g/mol. The van der Waals surface area contributed by atoms with Crippen LogP contribution in [0.4, 0.5) is 0 Å². The third kappa shape index (κ3) is 9.49. The van der Waals surface area contributed by atoms with Gasteiger partial charge in [0.15, 0.2) is 0 Å². The van der Waals surface area contributed by atoms with E-state index in [4.69, 9.17) is 0 Å². The molecule has 0 saturated heterocycles. The summed E-state index contributed by atoms with van der Waals surface area (Å²) in [5, 5.41) is 19.3. The number of carboxylic acids is 2. The van der Waals surface area contributed by atoms with Crippen LogP contribution in [0.5, 0.6) is 0 Å². The number of hydrogen-bond acceptors (Lipinski definition) is 2. The van der Waals surface area contributed by atoms with Crippen LogP contribution in [0.25, 0.3) is 0 Å². The van der Waals surface area contributed by atoms with Crippen LogP contribution in [-0.4, -0.2) is 22.2 Å². The molecule has 1 atom stereocenters. The van der Waals surface area contributed by atoms with E-state index >= 15 is 0 Å². The van der Waals surface area contributed by atoms with E-state index in [1.54, 1.807) is 6.92 Å². The first-order chi connectivity index (χ1) is 14.4. The maximum atomic E-state index is 11.8. The molecule has 0 spiro atoms. The minimum absolute atomic E-state index is 0.159. The van der Waals surface area contributed by atoms with E-state index in [1.165, 1.54) is 57.8 Å². The second-order valence-corrected chi connectivity index (χ2v) is 9.07. The molecule has 0 aromatic carbocycles. The fourth-order valence-corrected chi connectivity index (χ4v) is 4.89. The molecule has 1 fully saturated rings. The number of allylic oxidation sites excluding steroid dienone is 1. The van der Waals surface area contributed by atoms with Crippen LogP contribution in [0.3, 0.4) is 0 Å². The number of aliphatic carboxylic acids is 2. The largest absolute Gasteiger partial charge is 0.478 e. The first-order valence-corrected chi connectivity index (χ1v) is 12.3. The first kappa shape index (κ1) is 26.5. The molecule has 4 nitrogen and oxygen atoms in total. The molecule has 2 N–H and O–H groups in total. The number of unbranched alkanes of at least 4 members (excludes halogenated alkanes) is 9. The van der Waals surface area contributed by atoms with Crippen LogP contribution < -0.4 is 0 Å². The van der Waals surface area contributed by atoms with Crippen LogP contribution in [0.1, 0.15) is 117 Å². The van der Waals surface area contributed by atoms with Gasteiger partial charge in [-0.1, -0.05) is 97.0 Å². The summed E-state index contributed by atoms with van der Waals surface area (Å²) in [6.07, 6.45) is 18.2. The summed E-state index contributed by atoms with van der Waals surface area (Å²) in [5.41, 5.74) is 1.33. The third-order valence-electron chi connectivity index (χ3n) is 6.72. The van der Waals surface area contributed by atoms with Crippen LogP contribution in [0.15, 0.2) is 23.3 Å². The molecule has 1 aliphatic carbocycles. The Bertz CT molecular complexity index is 570. The maximum Gasteiger partial charge on any atom is 0.331 e. The summed E-state index contributed by atoms with van der Waals surface area (Å²) in [4.78, 5) is 23.5. The molecule has 1 unspecified atom stereocenters. The Morgan fingerprint density at radius 2 is 1.33 bits per heavy atom. The van der Waals surface area contributed by atoms with E-state index in [0.717, 1.165) is 44.1 Å². The van der Waals surface area contributed by atoms with E-state index in [9.17, 15) is 19.8 Å². The summed E-state index contributed by atoms with van der Waals surface area (Å²) in [5.74, 6) is -2.10. The fraction of sp³-hybridized carbons (Fsp3) is 0.769. The standard InChI is InChI=1S/C26H44O4/c1-4-5-6-7-8-9-10-11-12-16-19-23(20(2)25(27)28)24(21(3)26(29)30)22-17-14-13-15-18-22/h22-23H,2,4-19H2,1,3H3,(H,27,28)(H,29,30). The molecule has 0 radical (unpaired) electrons. The summed E-state index contributed by atoms with van der Waals surface area (Å²) in [6.45, 7) is 7.73. The van der Waals surface area contributed by atoms with Crippen molar-refractivity contribution in [2.45, 2.75) is 117 Å². The van der Waals surface area contributed by atoms with Gasteiger partial charge in [0.2, 0.25) is 0 Å². The average Bonchev–Trinajstić information content (AvgIpc) is 2.73. The van der Waals surface area contributed by atoms with Crippen molar-refractivity contribution in [1.82, 2.24) is 0 Å². The molecule has 1 rings (SSSR count). The van der Waals surface area contributed by atoms with Crippen LogP contribution in [0.2, 0.25) is 0 Å². The van der Waals surface area contributed by atoms with Gasteiger partial charge in [-0.25, -0.2) is 9.59 Å².